The van der Waals surface area contributed by atoms with E-state index < -0.39 is 6.10 Å². The topological polar surface area (TPSA) is 43.1 Å². The van der Waals surface area contributed by atoms with E-state index in [-0.39, 0.29) is 18.3 Å². The van der Waals surface area contributed by atoms with Gasteiger partial charge in [0.25, 0.3) is 0 Å². The lowest BCUT2D eigenvalue weighted by molar-refractivity contribution is -0.918. The molecule has 4 atom stereocenters. The highest BCUT2D eigenvalue weighted by Crippen LogP contribution is 2.32. The van der Waals surface area contributed by atoms with Gasteiger partial charge in [0.05, 0.1) is 12.7 Å². The average molecular weight is 320 g/mol. The molecule has 3 rings (SSSR count). The summed E-state index contributed by atoms with van der Waals surface area (Å²) in [5.41, 5.74) is 2.71. The Kier molecular flexibility index (Phi) is 5.70. The summed E-state index contributed by atoms with van der Waals surface area (Å²) in [5.74, 6) is 0. The molecule has 1 aliphatic carbocycles. The van der Waals surface area contributed by atoms with Crippen LogP contribution in [0.3, 0.4) is 0 Å². The van der Waals surface area contributed by atoms with E-state index in [2.05, 4.69) is 38.1 Å². The zero-order valence-electron chi connectivity index (χ0n) is 14.3. The lowest BCUT2D eigenvalue weighted by Gasteiger charge is -2.33. The van der Waals surface area contributed by atoms with Crippen molar-refractivity contribution in [2.24, 2.45) is 0 Å². The highest BCUT2D eigenvalue weighted by molar-refractivity contribution is 5.31. The van der Waals surface area contributed by atoms with Gasteiger partial charge in [-0.15, -0.1) is 0 Å². The zero-order valence-corrected chi connectivity index (χ0v) is 14.3. The lowest BCUT2D eigenvalue weighted by Crippen LogP contribution is -3.16. The van der Waals surface area contributed by atoms with Crippen molar-refractivity contribution in [1.82, 2.24) is 0 Å². The quantitative estimate of drug-likeness (QED) is 0.855. The minimum absolute atomic E-state index is 0.145. The molecule has 0 amide bonds. The monoisotopic (exact) mass is 320 g/mol. The maximum absolute atomic E-state index is 10.4. The summed E-state index contributed by atoms with van der Waals surface area (Å²) < 4.78 is 11.8. The highest BCUT2D eigenvalue weighted by Gasteiger charge is 2.28. The largest absolute Gasteiger partial charge is 0.385 e. The molecule has 128 valence electrons. The average Bonchev–Trinajstić information content (AvgIpc) is 2.52. The smallest absolute Gasteiger partial charge is 0.126 e. The number of aliphatic hydroxyl groups is 1. The Bertz CT molecular complexity index is 497. The first-order valence-corrected chi connectivity index (χ1v) is 8.98. The van der Waals surface area contributed by atoms with Gasteiger partial charge in [0.15, 0.2) is 0 Å². The van der Waals surface area contributed by atoms with Gasteiger partial charge in [-0.3, -0.25) is 0 Å². The number of ether oxygens (including phenoxy) is 2. The van der Waals surface area contributed by atoms with Crippen LogP contribution in [0.25, 0.3) is 0 Å². The van der Waals surface area contributed by atoms with Crippen molar-refractivity contribution in [3.63, 3.8) is 0 Å². The minimum atomic E-state index is -0.406. The Morgan fingerprint density at radius 2 is 2.00 bits per heavy atom. The number of morpholine rings is 1. The minimum Gasteiger partial charge on any atom is -0.385 e. The number of benzene rings is 1. The first-order chi connectivity index (χ1) is 11.1. The number of aliphatic hydroxyl groups excluding tert-OH is 1. The fourth-order valence-electron chi connectivity index (χ4n) is 4.06. The molecule has 1 aliphatic heterocycles. The molecule has 0 bridgehead atoms. The predicted octanol–water partition coefficient (Wildman–Crippen LogP) is 1.13. The van der Waals surface area contributed by atoms with Crippen LogP contribution in [-0.4, -0.2) is 49.7 Å². The number of hydrogen-bond acceptors (Lipinski definition) is 3. The molecule has 1 aromatic carbocycles. The molecule has 4 nitrogen and oxygen atoms in total. The summed E-state index contributed by atoms with van der Waals surface area (Å²) in [6.45, 7) is 7.31. The third-order valence-electron chi connectivity index (χ3n) is 4.95. The van der Waals surface area contributed by atoms with Crippen LogP contribution < -0.4 is 4.90 Å². The Morgan fingerprint density at radius 3 is 2.78 bits per heavy atom. The summed E-state index contributed by atoms with van der Waals surface area (Å²) in [6.07, 6.45) is 3.65. The van der Waals surface area contributed by atoms with Gasteiger partial charge in [-0.2, -0.15) is 0 Å². The number of nitrogens with one attached hydrogen (secondary N) is 1. The molecule has 1 aromatic rings. The molecule has 1 saturated heterocycles. The third-order valence-corrected chi connectivity index (χ3v) is 4.95. The summed E-state index contributed by atoms with van der Waals surface area (Å²) in [5, 5.41) is 10.4. The van der Waals surface area contributed by atoms with Crippen LogP contribution in [0.5, 0.6) is 0 Å². The second kappa shape index (κ2) is 7.75. The molecule has 0 aromatic heterocycles. The number of aryl methyl sites for hydroxylation is 1. The number of quaternary nitrogens is 1. The zero-order chi connectivity index (χ0) is 16.2. The van der Waals surface area contributed by atoms with Crippen molar-refractivity contribution in [2.45, 2.75) is 57.5 Å². The molecule has 2 aliphatic rings. The maximum Gasteiger partial charge on any atom is 0.126 e. The van der Waals surface area contributed by atoms with Gasteiger partial charge in [-0.05, 0) is 44.2 Å². The van der Waals surface area contributed by atoms with Crippen LogP contribution in [0.4, 0.5) is 0 Å². The van der Waals surface area contributed by atoms with Crippen LogP contribution in [0.2, 0.25) is 0 Å². The summed E-state index contributed by atoms with van der Waals surface area (Å²) in [6, 6.07) is 8.54. The Labute approximate surface area is 139 Å². The Hall–Kier alpha value is -0.940. The second-order valence-corrected chi connectivity index (χ2v) is 7.19. The molecule has 0 unspecified atom stereocenters. The van der Waals surface area contributed by atoms with Crippen molar-refractivity contribution in [2.75, 3.05) is 26.2 Å². The number of fused-ring (bicyclic) bond motifs is 1. The molecule has 2 N–H and O–H groups in total. The summed E-state index contributed by atoms with van der Waals surface area (Å²) in [7, 11) is 0. The normalized spacial score (nSPS) is 32.3. The van der Waals surface area contributed by atoms with Gasteiger partial charge in [0, 0.05) is 0 Å². The Morgan fingerprint density at radius 1 is 1.26 bits per heavy atom. The van der Waals surface area contributed by atoms with E-state index in [4.69, 9.17) is 9.47 Å². The van der Waals surface area contributed by atoms with Gasteiger partial charge < -0.3 is 19.5 Å². The van der Waals surface area contributed by atoms with Crippen LogP contribution in [0, 0.1) is 0 Å². The van der Waals surface area contributed by atoms with Gasteiger partial charge in [-0.1, -0.05) is 24.3 Å². The van der Waals surface area contributed by atoms with Crippen LogP contribution in [-0.2, 0) is 15.9 Å². The van der Waals surface area contributed by atoms with Crippen LogP contribution >= 0.6 is 0 Å². The van der Waals surface area contributed by atoms with Crippen molar-refractivity contribution < 1.29 is 19.5 Å². The third kappa shape index (κ3) is 4.54. The van der Waals surface area contributed by atoms with Crippen molar-refractivity contribution in [1.29, 1.82) is 0 Å². The number of rotatable bonds is 5. The first kappa shape index (κ1) is 16.9. The number of hydrogen-bond donors (Lipinski definition) is 2. The van der Waals surface area contributed by atoms with Crippen LogP contribution in [0.15, 0.2) is 24.3 Å². The Balaban J connectivity index is 1.49. The SMILES string of the molecule is C[C@@H]1C[NH+](C[C@H](O)CO[C@@H]2CCCc3ccccc32)C[C@@H](C)O1. The van der Waals surface area contributed by atoms with E-state index in [0.717, 1.165) is 32.5 Å². The maximum atomic E-state index is 10.4. The molecule has 0 spiro atoms. The second-order valence-electron chi connectivity index (χ2n) is 7.19. The van der Waals surface area contributed by atoms with Crippen molar-refractivity contribution in [3.8, 4) is 0 Å². The fourth-order valence-corrected chi connectivity index (χ4v) is 4.06. The van der Waals surface area contributed by atoms with Gasteiger partial charge in [0.1, 0.15) is 37.9 Å². The molecule has 1 fully saturated rings. The summed E-state index contributed by atoms with van der Waals surface area (Å²) >= 11 is 0. The molecule has 0 radical (unpaired) electrons. The molecule has 0 saturated carbocycles. The van der Waals surface area contributed by atoms with Crippen LogP contribution in [0.1, 0.15) is 43.9 Å². The predicted molar refractivity (Wildman–Crippen MR) is 89.7 cm³/mol. The fraction of sp³-hybridized carbons (Fsp3) is 0.684. The van der Waals surface area contributed by atoms with E-state index >= 15 is 0 Å². The highest BCUT2D eigenvalue weighted by atomic mass is 16.5. The molecular weight excluding hydrogens is 290 g/mol. The first-order valence-electron chi connectivity index (χ1n) is 8.98. The molecular formula is C19H30NO3+. The van der Waals surface area contributed by atoms with Crippen molar-refractivity contribution >= 4 is 0 Å². The van der Waals surface area contributed by atoms with E-state index in [1.165, 1.54) is 22.4 Å². The van der Waals surface area contributed by atoms with Crippen molar-refractivity contribution in [3.05, 3.63) is 35.4 Å². The van der Waals surface area contributed by atoms with Gasteiger partial charge >= 0.3 is 0 Å². The standard InChI is InChI=1S/C19H29NO3/c1-14-10-20(11-15(2)23-14)12-17(21)13-22-19-9-5-7-16-6-3-4-8-18(16)19/h3-4,6,8,14-15,17,19,21H,5,7,9-13H2,1-2H3/p+1/t14-,15-,17+,19-/m1/s1. The lowest BCUT2D eigenvalue weighted by atomic mass is 9.89. The van der Waals surface area contributed by atoms with Gasteiger partial charge in [-0.25, -0.2) is 0 Å². The molecule has 4 heteroatoms. The van der Waals surface area contributed by atoms with E-state index in [1.807, 2.05) is 0 Å². The van der Waals surface area contributed by atoms with E-state index in [9.17, 15) is 5.11 Å². The molecule has 1 heterocycles. The van der Waals surface area contributed by atoms with E-state index in [0.29, 0.717) is 6.61 Å². The summed E-state index contributed by atoms with van der Waals surface area (Å²) in [4.78, 5) is 1.41. The van der Waals surface area contributed by atoms with Gasteiger partial charge in [0.2, 0.25) is 0 Å². The molecule has 23 heavy (non-hydrogen) atoms. The van der Waals surface area contributed by atoms with E-state index in [1.54, 1.807) is 0 Å².